The van der Waals surface area contributed by atoms with Crippen LogP contribution in [0.25, 0.3) is 0 Å². The van der Waals surface area contributed by atoms with E-state index in [0.717, 1.165) is 0 Å². The number of hydrogen-bond donors (Lipinski definition) is 5. The highest BCUT2D eigenvalue weighted by atomic mass is 16.3. The lowest BCUT2D eigenvalue weighted by atomic mass is 10.0. The molecule has 1 aromatic rings. The molecular formula is C13H20N2O4. The number of aliphatic hydroxyl groups excluding tert-OH is 3. The monoisotopic (exact) mass is 268 g/mol. The normalized spacial score (nSPS) is 11.2. The molecule has 1 aromatic carbocycles. The van der Waals surface area contributed by atoms with Crippen LogP contribution < -0.4 is 10.6 Å². The first-order chi connectivity index (χ1) is 9.12. The Morgan fingerprint density at radius 2 is 1.74 bits per heavy atom. The molecule has 19 heavy (non-hydrogen) atoms. The van der Waals surface area contributed by atoms with Crippen LogP contribution in [0.1, 0.15) is 17.3 Å². The van der Waals surface area contributed by atoms with E-state index < -0.39 is 31.3 Å². The van der Waals surface area contributed by atoms with E-state index in [2.05, 4.69) is 10.6 Å². The molecule has 1 amide bonds. The minimum absolute atomic E-state index is 0.393. The fourth-order valence-electron chi connectivity index (χ4n) is 1.60. The molecule has 0 bridgehead atoms. The lowest BCUT2D eigenvalue weighted by Crippen LogP contribution is -2.57. The van der Waals surface area contributed by atoms with E-state index >= 15 is 0 Å². The first kappa shape index (κ1) is 15.4. The summed E-state index contributed by atoms with van der Waals surface area (Å²) in [4.78, 5) is 12.1. The third kappa shape index (κ3) is 3.66. The zero-order valence-corrected chi connectivity index (χ0v) is 10.9. The molecule has 0 spiro atoms. The molecule has 1 rings (SSSR count). The van der Waals surface area contributed by atoms with Crippen molar-refractivity contribution >= 4 is 11.6 Å². The SMILES string of the molecule is CCNc1ccccc1C(=O)NC(CO)(CO)CO. The lowest BCUT2D eigenvalue weighted by Gasteiger charge is -2.29. The maximum Gasteiger partial charge on any atom is 0.254 e. The molecule has 5 N–H and O–H groups in total. The van der Waals surface area contributed by atoms with Crippen molar-refractivity contribution in [3.8, 4) is 0 Å². The van der Waals surface area contributed by atoms with Crippen molar-refractivity contribution in [2.24, 2.45) is 0 Å². The number of rotatable bonds is 7. The summed E-state index contributed by atoms with van der Waals surface area (Å²) in [6.07, 6.45) is 0. The first-order valence-corrected chi connectivity index (χ1v) is 6.10. The van der Waals surface area contributed by atoms with Crippen LogP contribution in [0.2, 0.25) is 0 Å². The Morgan fingerprint density at radius 3 is 2.26 bits per heavy atom. The zero-order chi connectivity index (χ0) is 14.3. The fourth-order valence-corrected chi connectivity index (χ4v) is 1.60. The third-order valence-corrected chi connectivity index (χ3v) is 2.83. The summed E-state index contributed by atoms with van der Waals surface area (Å²) < 4.78 is 0. The van der Waals surface area contributed by atoms with Crippen molar-refractivity contribution in [3.05, 3.63) is 29.8 Å². The van der Waals surface area contributed by atoms with Crippen LogP contribution in [0.4, 0.5) is 5.69 Å². The standard InChI is InChI=1S/C13H20N2O4/c1-2-14-11-6-4-3-5-10(11)12(19)15-13(7-16,8-17)9-18/h3-6,14,16-18H,2,7-9H2,1H3,(H,15,19). The van der Waals surface area contributed by atoms with Gasteiger partial charge in [-0.3, -0.25) is 4.79 Å². The Bertz CT molecular complexity index is 411. The third-order valence-electron chi connectivity index (χ3n) is 2.83. The Kier molecular flexibility index (Phi) is 5.75. The van der Waals surface area contributed by atoms with Gasteiger partial charge in [-0.05, 0) is 19.1 Å². The topological polar surface area (TPSA) is 102 Å². The van der Waals surface area contributed by atoms with E-state index in [4.69, 9.17) is 0 Å². The minimum atomic E-state index is -1.42. The van der Waals surface area contributed by atoms with Crippen molar-refractivity contribution in [2.75, 3.05) is 31.7 Å². The second kappa shape index (κ2) is 7.08. The van der Waals surface area contributed by atoms with Gasteiger partial charge in [-0.2, -0.15) is 0 Å². The number of para-hydroxylation sites is 1. The summed E-state index contributed by atoms with van der Waals surface area (Å²) >= 11 is 0. The lowest BCUT2D eigenvalue weighted by molar-refractivity contribution is 0.0375. The molecule has 0 aliphatic heterocycles. The fraction of sp³-hybridized carbons (Fsp3) is 0.462. The van der Waals surface area contributed by atoms with Gasteiger partial charge < -0.3 is 26.0 Å². The summed E-state index contributed by atoms with van der Waals surface area (Å²) in [6, 6.07) is 6.90. The molecule has 0 heterocycles. The van der Waals surface area contributed by atoms with Crippen LogP contribution in [0.15, 0.2) is 24.3 Å². The average molecular weight is 268 g/mol. The van der Waals surface area contributed by atoms with Gasteiger partial charge in [0.1, 0.15) is 5.54 Å². The largest absolute Gasteiger partial charge is 0.394 e. The van der Waals surface area contributed by atoms with E-state index in [1.807, 2.05) is 6.92 Å². The number of nitrogens with one attached hydrogen (secondary N) is 2. The summed E-state index contributed by atoms with van der Waals surface area (Å²) in [5, 5.41) is 33.1. The number of carbonyl (C=O) groups is 1. The van der Waals surface area contributed by atoms with E-state index in [-0.39, 0.29) is 0 Å². The molecule has 6 heteroatoms. The van der Waals surface area contributed by atoms with Gasteiger partial charge in [0.15, 0.2) is 0 Å². The van der Waals surface area contributed by atoms with Gasteiger partial charge in [0.2, 0.25) is 0 Å². The maximum atomic E-state index is 12.1. The zero-order valence-electron chi connectivity index (χ0n) is 10.9. The van der Waals surface area contributed by atoms with Crippen LogP contribution in [-0.2, 0) is 0 Å². The van der Waals surface area contributed by atoms with Gasteiger partial charge in [-0.1, -0.05) is 12.1 Å². The summed E-state index contributed by atoms with van der Waals surface area (Å²) in [7, 11) is 0. The second-order valence-electron chi connectivity index (χ2n) is 4.28. The number of amides is 1. The molecule has 0 saturated heterocycles. The number of benzene rings is 1. The molecule has 0 radical (unpaired) electrons. The number of aliphatic hydroxyl groups is 3. The van der Waals surface area contributed by atoms with Crippen molar-refractivity contribution in [1.82, 2.24) is 5.32 Å². The van der Waals surface area contributed by atoms with Crippen LogP contribution in [0.3, 0.4) is 0 Å². The maximum absolute atomic E-state index is 12.1. The number of hydrogen-bond acceptors (Lipinski definition) is 5. The molecule has 0 aromatic heterocycles. The van der Waals surface area contributed by atoms with Crippen LogP contribution in [-0.4, -0.2) is 53.1 Å². The van der Waals surface area contributed by atoms with Gasteiger partial charge in [-0.15, -0.1) is 0 Å². The Morgan fingerprint density at radius 1 is 1.16 bits per heavy atom. The van der Waals surface area contributed by atoms with Gasteiger partial charge in [0.05, 0.1) is 25.4 Å². The Hall–Kier alpha value is -1.63. The molecule has 0 atom stereocenters. The summed E-state index contributed by atoms with van der Waals surface area (Å²) in [5.74, 6) is -0.464. The molecule has 106 valence electrons. The number of carbonyl (C=O) groups excluding carboxylic acids is 1. The van der Waals surface area contributed by atoms with Gasteiger partial charge in [0.25, 0.3) is 5.91 Å². The van der Waals surface area contributed by atoms with Crippen LogP contribution >= 0.6 is 0 Å². The predicted molar refractivity (Wildman–Crippen MR) is 72.1 cm³/mol. The van der Waals surface area contributed by atoms with E-state index in [0.29, 0.717) is 17.8 Å². The second-order valence-corrected chi connectivity index (χ2v) is 4.28. The Labute approximate surface area is 112 Å². The van der Waals surface area contributed by atoms with Gasteiger partial charge in [-0.25, -0.2) is 0 Å². The van der Waals surface area contributed by atoms with E-state index in [9.17, 15) is 20.1 Å². The highest BCUT2D eigenvalue weighted by molar-refractivity contribution is 6.00. The predicted octanol–water partition coefficient (Wildman–Crippen LogP) is -0.436. The summed E-state index contributed by atoms with van der Waals surface area (Å²) in [6.45, 7) is 0.933. The molecule has 0 fully saturated rings. The Balaban J connectivity index is 2.94. The minimum Gasteiger partial charge on any atom is -0.394 e. The molecule has 0 aliphatic rings. The average Bonchev–Trinajstić information content (AvgIpc) is 2.46. The van der Waals surface area contributed by atoms with Crippen molar-refractivity contribution < 1.29 is 20.1 Å². The highest BCUT2D eigenvalue weighted by Crippen LogP contribution is 2.16. The van der Waals surface area contributed by atoms with Crippen LogP contribution in [0, 0.1) is 0 Å². The summed E-state index contributed by atoms with van der Waals surface area (Å²) in [5.41, 5.74) is -0.370. The van der Waals surface area contributed by atoms with Crippen molar-refractivity contribution in [1.29, 1.82) is 0 Å². The van der Waals surface area contributed by atoms with Crippen molar-refractivity contribution in [2.45, 2.75) is 12.5 Å². The molecule has 0 saturated carbocycles. The van der Waals surface area contributed by atoms with Crippen LogP contribution in [0.5, 0.6) is 0 Å². The number of anilines is 1. The molecular weight excluding hydrogens is 248 g/mol. The van der Waals surface area contributed by atoms with Crippen molar-refractivity contribution in [3.63, 3.8) is 0 Å². The van der Waals surface area contributed by atoms with E-state index in [1.165, 1.54) is 0 Å². The molecule has 0 unspecified atom stereocenters. The highest BCUT2D eigenvalue weighted by Gasteiger charge is 2.30. The smallest absolute Gasteiger partial charge is 0.254 e. The molecule has 0 aliphatic carbocycles. The van der Waals surface area contributed by atoms with Gasteiger partial charge >= 0.3 is 0 Å². The molecule has 6 nitrogen and oxygen atoms in total. The quantitative estimate of drug-likeness (QED) is 0.461. The van der Waals surface area contributed by atoms with Gasteiger partial charge in [0, 0.05) is 12.2 Å². The first-order valence-electron chi connectivity index (χ1n) is 6.10. The van der Waals surface area contributed by atoms with E-state index in [1.54, 1.807) is 24.3 Å².